The highest BCUT2D eigenvalue weighted by Crippen LogP contribution is 2.38. The van der Waals surface area contributed by atoms with Gasteiger partial charge in [-0.3, -0.25) is 19.4 Å². The third-order valence-corrected chi connectivity index (χ3v) is 6.74. The smallest absolute Gasteiger partial charge is 0.233 e. The van der Waals surface area contributed by atoms with Crippen LogP contribution in [-0.2, 0) is 9.59 Å². The Balaban J connectivity index is 0.00000289. The van der Waals surface area contributed by atoms with Gasteiger partial charge in [0.25, 0.3) is 0 Å². The highest BCUT2D eigenvalue weighted by Gasteiger charge is 2.48. The van der Waals surface area contributed by atoms with Crippen LogP contribution >= 0.6 is 12.4 Å². The summed E-state index contributed by atoms with van der Waals surface area (Å²) in [6.07, 6.45) is 3.07. The van der Waals surface area contributed by atoms with E-state index >= 15 is 0 Å². The molecule has 1 N–H and O–H groups in total. The Morgan fingerprint density at radius 3 is 2.16 bits per heavy atom. The lowest BCUT2D eigenvalue weighted by atomic mass is 9.81. The van der Waals surface area contributed by atoms with Crippen molar-refractivity contribution in [1.29, 1.82) is 0 Å². The summed E-state index contributed by atoms with van der Waals surface area (Å²) >= 11 is 0. The number of hydrogen-bond acceptors (Lipinski definition) is 6. The molecule has 2 amide bonds. The molecule has 1 saturated carbocycles. The van der Waals surface area contributed by atoms with Gasteiger partial charge in [-0.05, 0) is 38.8 Å². The molecule has 32 heavy (non-hydrogen) atoms. The molecule has 3 aliphatic rings. The lowest BCUT2D eigenvalue weighted by Gasteiger charge is -2.37. The predicted molar refractivity (Wildman–Crippen MR) is 126 cm³/mol. The number of nitrogens with zero attached hydrogens (tertiary/aromatic N) is 3. The zero-order valence-electron chi connectivity index (χ0n) is 19.1. The molecule has 7 nitrogen and oxygen atoms in total. The minimum absolute atomic E-state index is 0. The van der Waals surface area contributed by atoms with Crippen molar-refractivity contribution in [1.82, 2.24) is 9.80 Å². The number of piperazine rings is 1. The number of fused-ring (bicyclic) bond motifs is 1. The van der Waals surface area contributed by atoms with Crippen LogP contribution in [0.2, 0.25) is 0 Å². The normalized spacial score (nSPS) is 25.0. The first-order valence-electron chi connectivity index (χ1n) is 11.7. The maximum absolute atomic E-state index is 12.6. The number of anilines is 1. The number of amides is 2. The number of para-hydroxylation sites is 2. The van der Waals surface area contributed by atoms with E-state index in [1.807, 2.05) is 32.0 Å². The van der Waals surface area contributed by atoms with E-state index in [2.05, 4.69) is 15.9 Å². The van der Waals surface area contributed by atoms with Gasteiger partial charge < -0.3 is 14.7 Å². The van der Waals surface area contributed by atoms with Crippen LogP contribution in [0.5, 0.6) is 5.75 Å². The summed E-state index contributed by atoms with van der Waals surface area (Å²) in [6, 6.07) is 8.12. The van der Waals surface area contributed by atoms with Crippen LogP contribution < -0.4 is 9.64 Å². The molecule has 1 aliphatic carbocycles. The number of rotatable bonds is 7. The van der Waals surface area contributed by atoms with Gasteiger partial charge >= 0.3 is 0 Å². The monoisotopic (exact) mass is 465 g/mol. The average Bonchev–Trinajstić information content (AvgIpc) is 2.99. The molecular formula is C24H36ClN3O4. The molecule has 4 rings (SSSR count). The number of β-amino-alcohol motifs (C(OH)–C–C–N with tert-alkyl or cyclic N) is 1. The second-order valence-electron chi connectivity index (χ2n) is 9.36. The van der Waals surface area contributed by atoms with Gasteiger partial charge in [-0.25, -0.2) is 0 Å². The number of ether oxygens (including phenoxy) is 1. The van der Waals surface area contributed by atoms with Gasteiger partial charge in [-0.1, -0.05) is 25.0 Å². The number of carbonyl (C=O) groups excluding carboxylic acids is 2. The molecule has 178 valence electrons. The Kier molecular flexibility index (Phi) is 8.42. The molecule has 0 bridgehead atoms. The molecule has 8 heteroatoms. The van der Waals surface area contributed by atoms with E-state index in [0.29, 0.717) is 6.54 Å². The molecule has 3 fully saturated rings. The van der Waals surface area contributed by atoms with E-state index in [0.717, 1.165) is 63.3 Å². The first-order valence-corrected chi connectivity index (χ1v) is 11.7. The van der Waals surface area contributed by atoms with Gasteiger partial charge in [0.15, 0.2) is 0 Å². The first kappa shape index (κ1) is 24.8. The van der Waals surface area contributed by atoms with Gasteiger partial charge in [0.2, 0.25) is 11.8 Å². The molecule has 1 aromatic carbocycles. The molecule has 0 aromatic heterocycles. The summed E-state index contributed by atoms with van der Waals surface area (Å²) in [5.41, 5.74) is 1.10. The Morgan fingerprint density at radius 2 is 1.56 bits per heavy atom. The number of halogens is 1. The van der Waals surface area contributed by atoms with Crippen LogP contribution in [0.1, 0.15) is 39.5 Å². The van der Waals surface area contributed by atoms with Crippen molar-refractivity contribution in [3.63, 3.8) is 0 Å². The zero-order valence-corrected chi connectivity index (χ0v) is 19.9. The minimum atomic E-state index is -0.712. The van der Waals surface area contributed by atoms with Crippen molar-refractivity contribution in [2.45, 2.75) is 51.7 Å². The fraction of sp³-hybridized carbons (Fsp3) is 0.667. The third-order valence-electron chi connectivity index (χ3n) is 6.74. The van der Waals surface area contributed by atoms with Crippen LogP contribution in [0.4, 0.5) is 5.69 Å². The van der Waals surface area contributed by atoms with Crippen molar-refractivity contribution in [2.75, 3.05) is 44.2 Å². The summed E-state index contributed by atoms with van der Waals surface area (Å²) in [7, 11) is 0. The maximum atomic E-state index is 12.6. The number of likely N-dealkylation sites (tertiary alicyclic amines) is 1. The molecule has 0 radical (unpaired) electrons. The molecule has 0 spiro atoms. The SMILES string of the molecule is CC(C)Oc1ccccc1N1CCN(CC(O)CN2C(=O)C3CCCCC3C2=O)CC1.Cl. The number of aliphatic hydroxyl groups excluding tert-OH is 1. The lowest BCUT2D eigenvalue weighted by molar-refractivity contribution is -0.141. The first-order chi connectivity index (χ1) is 14.9. The molecule has 3 atom stereocenters. The molecular weight excluding hydrogens is 430 g/mol. The van der Waals surface area contributed by atoms with Crippen LogP contribution in [0.25, 0.3) is 0 Å². The minimum Gasteiger partial charge on any atom is -0.489 e. The second kappa shape index (κ2) is 10.9. The van der Waals surface area contributed by atoms with Crippen LogP contribution in [0, 0.1) is 11.8 Å². The topological polar surface area (TPSA) is 73.3 Å². The third kappa shape index (κ3) is 5.38. The van der Waals surface area contributed by atoms with E-state index in [1.54, 1.807) is 0 Å². The van der Waals surface area contributed by atoms with Gasteiger partial charge in [-0.15, -0.1) is 12.4 Å². The second-order valence-corrected chi connectivity index (χ2v) is 9.36. The summed E-state index contributed by atoms with van der Waals surface area (Å²) in [4.78, 5) is 31.2. The summed E-state index contributed by atoms with van der Waals surface area (Å²) in [5, 5.41) is 10.6. The van der Waals surface area contributed by atoms with Crippen molar-refractivity contribution >= 4 is 29.9 Å². The van der Waals surface area contributed by atoms with E-state index in [1.165, 1.54) is 4.90 Å². The highest BCUT2D eigenvalue weighted by atomic mass is 35.5. The largest absolute Gasteiger partial charge is 0.489 e. The van der Waals surface area contributed by atoms with Crippen LogP contribution in [0.3, 0.4) is 0 Å². The summed E-state index contributed by atoms with van der Waals surface area (Å²) < 4.78 is 5.96. The van der Waals surface area contributed by atoms with Crippen molar-refractivity contribution in [3.8, 4) is 5.75 Å². The maximum Gasteiger partial charge on any atom is 0.233 e. The predicted octanol–water partition coefficient (Wildman–Crippen LogP) is 2.55. The molecule has 2 aliphatic heterocycles. The molecule has 1 aromatic rings. The van der Waals surface area contributed by atoms with Crippen molar-refractivity contribution < 1.29 is 19.4 Å². The number of aliphatic hydroxyl groups is 1. The lowest BCUT2D eigenvalue weighted by Crippen LogP contribution is -2.50. The summed E-state index contributed by atoms with van der Waals surface area (Å²) in [6.45, 7) is 7.98. The zero-order chi connectivity index (χ0) is 22.0. The number of benzene rings is 1. The number of hydrogen-bond donors (Lipinski definition) is 1. The Morgan fingerprint density at radius 1 is 0.969 bits per heavy atom. The molecule has 2 saturated heterocycles. The van der Waals surface area contributed by atoms with Crippen LogP contribution in [-0.4, -0.2) is 78.2 Å². The average molecular weight is 466 g/mol. The van der Waals surface area contributed by atoms with Gasteiger partial charge in [0, 0.05) is 32.7 Å². The van der Waals surface area contributed by atoms with Crippen molar-refractivity contribution in [2.24, 2.45) is 11.8 Å². The highest BCUT2D eigenvalue weighted by molar-refractivity contribution is 6.05. The standard InChI is InChI=1S/C24H35N3O4.ClH/c1-17(2)31-22-10-6-5-9-21(22)26-13-11-25(12-14-26)15-18(28)16-27-23(29)19-7-3-4-8-20(19)24(27)30;/h5-6,9-10,17-20,28H,3-4,7-8,11-16H2,1-2H3;1H. The molecule has 2 heterocycles. The van der Waals surface area contributed by atoms with E-state index in [4.69, 9.17) is 4.74 Å². The van der Waals surface area contributed by atoms with Crippen molar-refractivity contribution in [3.05, 3.63) is 24.3 Å². The number of imide groups is 1. The van der Waals surface area contributed by atoms with Gasteiger partial charge in [0.05, 0.1) is 36.3 Å². The Hall–Kier alpha value is -1.83. The quantitative estimate of drug-likeness (QED) is 0.624. The fourth-order valence-electron chi connectivity index (χ4n) is 5.22. The van der Waals surface area contributed by atoms with Gasteiger partial charge in [-0.2, -0.15) is 0 Å². The van der Waals surface area contributed by atoms with E-state index < -0.39 is 6.10 Å². The van der Waals surface area contributed by atoms with E-state index in [9.17, 15) is 14.7 Å². The van der Waals surface area contributed by atoms with E-state index in [-0.39, 0.29) is 48.7 Å². The number of carbonyl (C=O) groups is 2. The van der Waals surface area contributed by atoms with Gasteiger partial charge in [0.1, 0.15) is 5.75 Å². The Bertz CT molecular complexity index is 773. The summed E-state index contributed by atoms with van der Waals surface area (Å²) in [5.74, 6) is 0.467. The molecule has 3 unspecified atom stereocenters. The van der Waals surface area contributed by atoms with Crippen LogP contribution in [0.15, 0.2) is 24.3 Å². The fourth-order valence-corrected chi connectivity index (χ4v) is 5.22. The Labute approximate surface area is 197 Å².